The molecule has 0 fully saturated rings. The number of ether oxygens (including phenoxy) is 3. The van der Waals surface area contributed by atoms with Gasteiger partial charge in [-0.05, 0) is 48.9 Å². The molecule has 0 aliphatic carbocycles. The van der Waals surface area contributed by atoms with Crippen LogP contribution in [0.2, 0.25) is 0 Å². The van der Waals surface area contributed by atoms with E-state index in [0.29, 0.717) is 22.9 Å². The van der Waals surface area contributed by atoms with Crippen molar-refractivity contribution in [1.82, 2.24) is 9.78 Å². The lowest BCUT2D eigenvalue weighted by molar-refractivity contribution is 0.102. The molecule has 0 atom stereocenters. The molecule has 1 N–H and O–H groups in total. The first-order chi connectivity index (χ1) is 13.6. The molecule has 3 rings (SSSR count). The van der Waals surface area contributed by atoms with Gasteiger partial charge in [-0.2, -0.15) is 0 Å². The Bertz CT molecular complexity index is 964. The van der Waals surface area contributed by atoms with E-state index in [1.54, 1.807) is 32.4 Å². The Morgan fingerprint density at radius 1 is 0.964 bits per heavy atom. The summed E-state index contributed by atoms with van der Waals surface area (Å²) in [5, 5.41) is 7.38. The minimum absolute atomic E-state index is 0.275. The molecule has 0 unspecified atom stereocenters. The maximum Gasteiger partial charge on any atom is 0.257 e. The SMILES string of the molecule is CCc1cc(NC(=O)c2ccc(OC)c(OC)c2)nn1-c1ccc(OC)cc1. The van der Waals surface area contributed by atoms with Gasteiger partial charge in [-0.1, -0.05) is 6.92 Å². The van der Waals surface area contributed by atoms with E-state index >= 15 is 0 Å². The third-order valence-corrected chi connectivity index (χ3v) is 4.35. The summed E-state index contributed by atoms with van der Waals surface area (Å²) in [6.07, 6.45) is 0.769. The van der Waals surface area contributed by atoms with Crippen molar-refractivity contribution in [2.45, 2.75) is 13.3 Å². The minimum Gasteiger partial charge on any atom is -0.497 e. The van der Waals surface area contributed by atoms with Crippen LogP contribution in [0.1, 0.15) is 23.0 Å². The topological polar surface area (TPSA) is 74.6 Å². The molecule has 0 spiro atoms. The van der Waals surface area contributed by atoms with Crippen molar-refractivity contribution in [2.24, 2.45) is 0 Å². The summed E-state index contributed by atoms with van der Waals surface area (Å²) in [4.78, 5) is 12.6. The zero-order valence-electron chi connectivity index (χ0n) is 16.4. The summed E-state index contributed by atoms with van der Waals surface area (Å²) in [6, 6.07) is 14.5. The average Bonchev–Trinajstić information content (AvgIpc) is 3.15. The largest absolute Gasteiger partial charge is 0.497 e. The first-order valence-corrected chi connectivity index (χ1v) is 8.86. The van der Waals surface area contributed by atoms with Crippen molar-refractivity contribution in [1.29, 1.82) is 0 Å². The highest BCUT2D eigenvalue weighted by atomic mass is 16.5. The Morgan fingerprint density at radius 3 is 2.29 bits per heavy atom. The van der Waals surface area contributed by atoms with Gasteiger partial charge < -0.3 is 19.5 Å². The molecule has 0 aliphatic heterocycles. The highest BCUT2D eigenvalue weighted by Crippen LogP contribution is 2.28. The van der Waals surface area contributed by atoms with E-state index in [1.165, 1.54) is 7.11 Å². The van der Waals surface area contributed by atoms with Crippen molar-refractivity contribution >= 4 is 11.7 Å². The molecule has 1 heterocycles. The number of nitrogens with one attached hydrogen (secondary N) is 1. The van der Waals surface area contributed by atoms with Gasteiger partial charge in [0.15, 0.2) is 17.3 Å². The van der Waals surface area contributed by atoms with Crippen LogP contribution in [0.15, 0.2) is 48.5 Å². The highest BCUT2D eigenvalue weighted by molar-refractivity contribution is 6.04. The van der Waals surface area contributed by atoms with Gasteiger partial charge in [0.05, 0.1) is 27.0 Å². The molecule has 1 aromatic heterocycles. The fourth-order valence-electron chi connectivity index (χ4n) is 2.85. The highest BCUT2D eigenvalue weighted by Gasteiger charge is 2.14. The van der Waals surface area contributed by atoms with Crippen molar-refractivity contribution in [3.63, 3.8) is 0 Å². The second-order valence-corrected chi connectivity index (χ2v) is 6.01. The lowest BCUT2D eigenvalue weighted by Crippen LogP contribution is -2.13. The summed E-state index contributed by atoms with van der Waals surface area (Å²) in [7, 11) is 4.71. The molecule has 28 heavy (non-hydrogen) atoms. The third-order valence-electron chi connectivity index (χ3n) is 4.35. The molecule has 1 amide bonds. The number of benzene rings is 2. The molecule has 7 nitrogen and oxygen atoms in total. The van der Waals surface area contributed by atoms with Gasteiger partial charge in [0, 0.05) is 17.3 Å². The van der Waals surface area contributed by atoms with Crippen LogP contribution >= 0.6 is 0 Å². The van der Waals surface area contributed by atoms with Crippen molar-refractivity contribution in [3.05, 3.63) is 59.8 Å². The van der Waals surface area contributed by atoms with Crippen LogP contribution in [0, 0.1) is 0 Å². The molecule has 0 bridgehead atoms. The summed E-state index contributed by atoms with van der Waals surface area (Å²) < 4.78 is 17.5. The number of methoxy groups -OCH3 is 3. The lowest BCUT2D eigenvalue weighted by atomic mass is 10.2. The number of aromatic nitrogens is 2. The first kappa shape index (κ1) is 19.3. The normalized spacial score (nSPS) is 10.4. The number of nitrogens with zero attached hydrogens (tertiary/aromatic N) is 2. The zero-order valence-corrected chi connectivity index (χ0v) is 16.4. The molecule has 3 aromatic rings. The van der Waals surface area contributed by atoms with Gasteiger partial charge in [0.2, 0.25) is 0 Å². The number of hydrogen-bond donors (Lipinski definition) is 1. The third kappa shape index (κ3) is 3.93. The van der Waals surface area contributed by atoms with Gasteiger partial charge in [-0.15, -0.1) is 5.10 Å². The summed E-state index contributed by atoms with van der Waals surface area (Å²) >= 11 is 0. The first-order valence-electron chi connectivity index (χ1n) is 8.86. The lowest BCUT2D eigenvalue weighted by Gasteiger charge is -2.09. The number of amides is 1. The van der Waals surface area contributed by atoms with Gasteiger partial charge in [-0.25, -0.2) is 4.68 Å². The predicted molar refractivity (Wildman–Crippen MR) is 107 cm³/mol. The van der Waals surface area contributed by atoms with Crippen LogP contribution < -0.4 is 19.5 Å². The van der Waals surface area contributed by atoms with Crippen LogP contribution in [0.3, 0.4) is 0 Å². The number of rotatable bonds is 7. The number of aryl methyl sites for hydroxylation is 1. The van der Waals surface area contributed by atoms with Crippen molar-refractivity contribution in [2.75, 3.05) is 26.6 Å². The predicted octanol–water partition coefficient (Wildman–Crippen LogP) is 3.71. The number of anilines is 1. The van der Waals surface area contributed by atoms with E-state index < -0.39 is 0 Å². The van der Waals surface area contributed by atoms with Gasteiger partial charge in [0.25, 0.3) is 5.91 Å². The maximum absolute atomic E-state index is 12.6. The molecule has 0 saturated heterocycles. The smallest absolute Gasteiger partial charge is 0.257 e. The number of carbonyl (C=O) groups excluding carboxylic acids is 1. The summed E-state index contributed by atoms with van der Waals surface area (Å²) in [5.41, 5.74) is 2.33. The van der Waals surface area contributed by atoms with Crippen molar-refractivity contribution < 1.29 is 19.0 Å². The molecule has 146 valence electrons. The average molecular weight is 381 g/mol. The quantitative estimate of drug-likeness (QED) is 0.675. The second-order valence-electron chi connectivity index (χ2n) is 6.01. The van der Waals surface area contributed by atoms with E-state index in [9.17, 15) is 4.79 Å². The van der Waals surface area contributed by atoms with E-state index in [-0.39, 0.29) is 5.91 Å². The van der Waals surface area contributed by atoms with Crippen LogP contribution in [-0.4, -0.2) is 37.0 Å². The summed E-state index contributed by atoms with van der Waals surface area (Å²) in [5.74, 6) is 2.04. The second kappa shape index (κ2) is 8.47. The molecule has 0 saturated carbocycles. The molecular formula is C21H23N3O4. The van der Waals surface area contributed by atoms with Gasteiger partial charge in [0.1, 0.15) is 5.75 Å². The van der Waals surface area contributed by atoms with Crippen molar-refractivity contribution in [3.8, 4) is 22.9 Å². The van der Waals surface area contributed by atoms with Crippen LogP contribution in [-0.2, 0) is 6.42 Å². The van der Waals surface area contributed by atoms with Crippen LogP contribution in [0.4, 0.5) is 5.82 Å². The van der Waals surface area contributed by atoms with E-state index in [2.05, 4.69) is 10.4 Å². The maximum atomic E-state index is 12.6. The van der Waals surface area contributed by atoms with Gasteiger partial charge >= 0.3 is 0 Å². The monoisotopic (exact) mass is 381 g/mol. The standard InChI is InChI=1S/C21H23N3O4/c1-5-15-13-20(23-24(15)16-7-9-17(26-2)10-8-16)22-21(25)14-6-11-18(27-3)19(12-14)28-4/h6-13H,5H2,1-4H3,(H,22,23,25). The van der Waals surface area contributed by atoms with Crippen LogP contribution in [0.25, 0.3) is 5.69 Å². The van der Waals surface area contributed by atoms with Gasteiger partial charge in [-0.3, -0.25) is 4.79 Å². The summed E-state index contributed by atoms with van der Waals surface area (Å²) in [6.45, 7) is 2.04. The Labute approximate surface area is 163 Å². The Hall–Kier alpha value is -3.48. The van der Waals surface area contributed by atoms with E-state index in [1.807, 2.05) is 41.9 Å². The number of carbonyl (C=O) groups is 1. The molecule has 7 heteroatoms. The minimum atomic E-state index is -0.275. The Kier molecular flexibility index (Phi) is 5.84. The fourth-order valence-corrected chi connectivity index (χ4v) is 2.85. The molecule has 0 radical (unpaired) electrons. The van der Waals surface area contributed by atoms with E-state index in [4.69, 9.17) is 14.2 Å². The van der Waals surface area contributed by atoms with Crippen LogP contribution in [0.5, 0.6) is 17.2 Å². The molecular weight excluding hydrogens is 358 g/mol. The molecule has 2 aromatic carbocycles. The Morgan fingerprint density at radius 2 is 1.68 bits per heavy atom. The Balaban J connectivity index is 1.84. The molecule has 0 aliphatic rings. The zero-order chi connectivity index (χ0) is 20.1. The fraction of sp³-hybridized carbons (Fsp3) is 0.238. The van der Waals surface area contributed by atoms with E-state index in [0.717, 1.165) is 23.6 Å². The number of hydrogen-bond acceptors (Lipinski definition) is 5.